The van der Waals surface area contributed by atoms with Crippen molar-refractivity contribution in [2.24, 2.45) is 5.92 Å². The topological polar surface area (TPSA) is 58.6 Å². The van der Waals surface area contributed by atoms with Crippen LogP contribution in [0.15, 0.2) is 24.3 Å². The Labute approximate surface area is 140 Å². The summed E-state index contributed by atoms with van der Waals surface area (Å²) in [5.74, 6) is 0.724. The molecule has 0 bridgehead atoms. The van der Waals surface area contributed by atoms with Crippen molar-refractivity contribution < 1.29 is 13.3 Å². The summed E-state index contributed by atoms with van der Waals surface area (Å²) in [6.45, 7) is 8.89. The molecule has 0 aliphatic carbocycles. The van der Waals surface area contributed by atoms with Gasteiger partial charge in [-0.15, -0.1) is 0 Å². The third kappa shape index (κ3) is 4.32. The summed E-state index contributed by atoms with van der Waals surface area (Å²) in [4.78, 5) is 5.52. The Bertz CT molecular complexity index is 611. The van der Waals surface area contributed by atoms with Gasteiger partial charge in [-0.2, -0.15) is 5.06 Å². The Hall–Kier alpha value is -0.950. The molecule has 1 aromatic carbocycles. The molecule has 0 saturated carbocycles. The minimum Gasteiger partial charge on any atom is -0.297 e. The van der Waals surface area contributed by atoms with Gasteiger partial charge < -0.3 is 0 Å². The van der Waals surface area contributed by atoms with Crippen LogP contribution in [0.5, 0.6) is 0 Å². The van der Waals surface area contributed by atoms with Crippen molar-refractivity contribution >= 4 is 10.0 Å². The molecule has 2 atom stereocenters. The highest BCUT2D eigenvalue weighted by molar-refractivity contribution is 7.90. The molecule has 6 heteroatoms. The molecule has 23 heavy (non-hydrogen) atoms. The predicted octanol–water partition coefficient (Wildman–Crippen LogP) is 2.67. The molecule has 5 nitrogen and oxygen atoms in total. The monoisotopic (exact) mass is 340 g/mol. The van der Waals surface area contributed by atoms with Crippen LogP contribution in [0.2, 0.25) is 0 Å². The van der Waals surface area contributed by atoms with E-state index in [9.17, 15) is 8.42 Å². The second-order valence-corrected chi connectivity index (χ2v) is 8.92. The maximum absolute atomic E-state index is 12.6. The summed E-state index contributed by atoms with van der Waals surface area (Å²) < 4.78 is 28.0. The second-order valence-electron chi connectivity index (χ2n) is 6.93. The Kier molecular flexibility index (Phi) is 5.84. The largest absolute Gasteiger partial charge is 0.297 e. The molecule has 0 radical (unpaired) electrons. The van der Waals surface area contributed by atoms with E-state index in [4.69, 9.17) is 4.84 Å². The van der Waals surface area contributed by atoms with Crippen LogP contribution in [0.1, 0.15) is 50.8 Å². The third-order valence-corrected chi connectivity index (χ3v) is 5.98. The van der Waals surface area contributed by atoms with E-state index in [-0.39, 0.29) is 18.6 Å². The number of hydrogen-bond donors (Lipinski definition) is 1. The Morgan fingerprint density at radius 2 is 1.83 bits per heavy atom. The van der Waals surface area contributed by atoms with E-state index in [1.54, 1.807) is 12.1 Å². The van der Waals surface area contributed by atoms with Gasteiger partial charge in [-0.1, -0.05) is 52.0 Å². The maximum atomic E-state index is 12.6. The van der Waals surface area contributed by atoms with Gasteiger partial charge in [-0.05, 0) is 23.0 Å². The molecular weight excluding hydrogens is 312 g/mol. The minimum atomic E-state index is -3.43. The van der Waals surface area contributed by atoms with E-state index < -0.39 is 15.3 Å². The average Bonchev–Trinajstić information content (AvgIpc) is 2.88. The number of hydrogen-bond acceptors (Lipinski definition) is 4. The van der Waals surface area contributed by atoms with Gasteiger partial charge in [0.15, 0.2) is 0 Å². The lowest BCUT2D eigenvalue weighted by molar-refractivity contribution is -0.110. The fourth-order valence-electron chi connectivity index (χ4n) is 2.75. The summed E-state index contributed by atoms with van der Waals surface area (Å²) in [7, 11) is -1.64. The molecule has 1 N–H and O–H groups in total. The van der Waals surface area contributed by atoms with E-state index in [1.165, 1.54) is 5.56 Å². The molecule has 0 spiro atoms. The van der Waals surface area contributed by atoms with Gasteiger partial charge in [0.1, 0.15) is 5.25 Å². The Balaban J connectivity index is 2.24. The molecular formula is C17H28N2O3S. The quantitative estimate of drug-likeness (QED) is 0.865. The van der Waals surface area contributed by atoms with E-state index in [1.807, 2.05) is 26.0 Å². The highest BCUT2D eigenvalue weighted by Crippen LogP contribution is 2.33. The standard InChI is InChI=1S/C17H28N2O3S/c1-12(2)10-18-23(20,21)16-11-22-19(5)17(16)15-8-6-14(7-9-15)13(3)4/h6-9,12-13,16-18H,10-11H2,1-5H3/t16-,17-/m0/s1. The molecule has 0 unspecified atom stereocenters. The van der Waals surface area contributed by atoms with Crippen LogP contribution in [0.25, 0.3) is 0 Å². The van der Waals surface area contributed by atoms with E-state index in [0.717, 1.165) is 5.56 Å². The summed E-state index contributed by atoms with van der Waals surface area (Å²) in [6.07, 6.45) is 0. The lowest BCUT2D eigenvalue weighted by Crippen LogP contribution is -2.40. The van der Waals surface area contributed by atoms with Crippen LogP contribution >= 0.6 is 0 Å². The zero-order valence-electron chi connectivity index (χ0n) is 14.6. The minimum absolute atomic E-state index is 0.181. The molecule has 1 aliphatic heterocycles. The van der Waals surface area contributed by atoms with Crippen molar-refractivity contribution in [1.29, 1.82) is 0 Å². The van der Waals surface area contributed by atoms with Crippen LogP contribution in [0.3, 0.4) is 0 Å². The number of nitrogens with one attached hydrogen (secondary N) is 1. The van der Waals surface area contributed by atoms with Crippen molar-refractivity contribution in [3.63, 3.8) is 0 Å². The van der Waals surface area contributed by atoms with Gasteiger partial charge in [0, 0.05) is 13.6 Å². The molecule has 0 amide bonds. The third-order valence-electron chi connectivity index (χ3n) is 4.22. The van der Waals surface area contributed by atoms with Gasteiger partial charge in [-0.3, -0.25) is 4.84 Å². The van der Waals surface area contributed by atoms with Crippen molar-refractivity contribution in [3.05, 3.63) is 35.4 Å². The van der Waals surface area contributed by atoms with Crippen molar-refractivity contribution in [2.45, 2.75) is 44.9 Å². The number of nitrogens with zero attached hydrogens (tertiary/aromatic N) is 1. The second kappa shape index (κ2) is 7.30. The van der Waals surface area contributed by atoms with Gasteiger partial charge in [0.2, 0.25) is 10.0 Å². The number of benzene rings is 1. The van der Waals surface area contributed by atoms with Crippen molar-refractivity contribution in [2.75, 3.05) is 20.2 Å². The predicted molar refractivity (Wildman–Crippen MR) is 92.5 cm³/mol. The maximum Gasteiger partial charge on any atom is 0.218 e. The van der Waals surface area contributed by atoms with Crippen LogP contribution in [-0.4, -0.2) is 38.9 Å². The fraction of sp³-hybridized carbons (Fsp3) is 0.647. The van der Waals surface area contributed by atoms with Crippen LogP contribution in [0, 0.1) is 5.92 Å². The summed E-state index contributed by atoms with van der Waals surface area (Å²) in [6, 6.07) is 7.86. The first kappa shape index (κ1) is 18.4. The highest BCUT2D eigenvalue weighted by Gasteiger charge is 2.43. The lowest BCUT2D eigenvalue weighted by Gasteiger charge is -2.24. The smallest absolute Gasteiger partial charge is 0.218 e. The highest BCUT2D eigenvalue weighted by atomic mass is 32.2. The first-order valence-electron chi connectivity index (χ1n) is 8.16. The van der Waals surface area contributed by atoms with Gasteiger partial charge in [0.25, 0.3) is 0 Å². The molecule has 1 heterocycles. The lowest BCUT2D eigenvalue weighted by atomic mass is 9.98. The van der Waals surface area contributed by atoms with Gasteiger partial charge in [-0.25, -0.2) is 13.1 Å². The molecule has 1 fully saturated rings. The molecule has 0 aromatic heterocycles. The average molecular weight is 340 g/mol. The van der Waals surface area contributed by atoms with Crippen LogP contribution in [0.4, 0.5) is 0 Å². The molecule has 130 valence electrons. The summed E-state index contributed by atoms with van der Waals surface area (Å²) in [5, 5.41) is 1.06. The molecule has 2 rings (SSSR count). The zero-order chi connectivity index (χ0) is 17.2. The van der Waals surface area contributed by atoms with Crippen LogP contribution < -0.4 is 4.72 Å². The SMILES string of the molecule is CC(C)CNS(=O)(=O)[C@H]1CON(C)[C@H]1c1ccc(C(C)C)cc1. The first-order chi connectivity index (χ1) is 10.7. The summed E-state index contributed by atoms with van der Waals surface area (Å²) >= 11 is 0. The fourth-order valence-corrected chi connectivity index (χ4v) is 4.44. The first-order valence-corrected chi connectivity index (χ1v) is 9.71. The Morgan fingerprint density at radius 3 is 2.35 bits per heavy atom. The van der Waals surface area contributed by atoms with Crippen LogP contribution in [-0.2, 0) is 14.9 Å². The normalized spacial score (nSPS) is 23.1. The van der Waals surface area contributed by atoms with Crippen molar-refractivity contribution in [1.82, 2.24) is 9.79 Å². The molecule has 1 aliphatic rings. The zero-order valence-corrected chi connectivity index (χ0v) is 15.4. The number of rotatable bonds is 6. The van der Waals surface area contributed by atoms with E-state index in [0.29, 0.717) is 12.5 Å². The number of hydroxylamine groups is 2. The van der Waals surface area contributed by atoms with Gasteiger partial charge in [0.05, 0.1) is 12.6 Å². The van der Waals surface area contributed by atoms with E-state index >= 15 is 0 Å². The van der Waals surface area contributed by atoms with E-state index in [2.05, 4.69) is 30.7 Å². The van der Waals surface area contributed by atoms with Crippen molar-refractivity contribution in [3.8, 4) is 0 Å². The summed E-state index contributed by atoms with van der Waals surface area (Å²) in [5.41, 5.74) is 2.21. The Morgan fingerprint density at radius 1 is 1.22 bits per heavy atom. The van der Waals surface area contributed by atoms with Gasteiger partial charge >= 0.3 is 0 Å². The molecule has 1 aromatic rings. The number of sulfonamides is 1. The molecule has 1 saturated heterocycles.